The van der Waals surface area contributed by atoms with E-state index in [0.717, 1.165) is 17.7 Å². The Kier molecular flexibility index (Phi) is 4.24. The number of carboxylic acid groups (broad SMARTS) is 1. The first-order valence-corrected chi connectivity index (χ1v) is 7.74. The topological polar surface area (TPSA) is 115 Å². The van der Waals surface area contributed by atoms with Gasteiger partial charge in [0.05, 0.1) is 11.9 Å². The van der Waals surface area contributed by atoms with Gasteiger partial charge in [-0.05, 0) is 31.4 Å². The van der Waals surface area contributed by atoms with Gasteiger partial charge < -0.3 is 15.7 Å². The first kappa shape index (κ1) is 16.0. The molecule has 1 aromatic heterocycles. The van der Waals surface area contributed by atoms with Crippen molar-refractivity contribution in [3.8, 4) is 0 Å². The molecule has 1 aliphatic carbocycles. The number of carbonyl (C=O) groups excluding carboxylic acids is 2. The van der Waals surface area contributed by atoms with Crippen LogP contribution in [0, 0.1) is 0 Å². The van der Waals surface area contributed by atoms with Crippen molar-refractivity contribution in [1.29, 1.82) is 0 Å². The van der Waals surface area contributed by atoms with Gasteiger partial charge in [0.2, 0.25) is 5.91 Å². The highest BCUT2D eigenvalue weighted by atomic mass is 16.4. The highest BCUT2D eigenvalue weighted by Crippen LogP contribution is 2.24. The Morgan fingerprint density at radius 3 is 2.62 bits per heavy atom. The lowest BCUT2D eigenvalue weighted by molar-refractivity contribution is -0.123. The number of nitrogens with zero attached hydrogens (tertiary/aromatic N) is 3. The van der Waals surface area contributed by atoms with Gasteiger partial charge in [0.15, 0.2) is 0 Å². The van der Waals surface area contributed by atoms with Crippen LogP contribution >= 0.6 is 0 Å². The minimum absolute atomic E-state index is 0.0228. The van der Waals surface area contributed by atoms with Gasteiger partial charge in [-0.25, -0.2) is 14.6 Å². The van der Waals surface area contributed by atoms with E-state index in [9.17, 15) is 14.4 Å². The summed E-state index contributed by atoms with van der Waals surface area (Å²) in [4.78, 5) is 40.9. The summed E-state index contributed by atoms with van der Waals surface area (Å²) in [6, 6.07) is 3.25. The van der Waals surface area contributed by atoms with Gasteiger partial charge in [-0.15, -0.1) is 0 Å². The third-order valence-electron chi connectivity index (χ3n) is 4.36. The highest BCUT2D eigenvalue weighted by Gasteiger charge is 2.34. The van der Waals surface area contributed by atoms with E-state index in [-0.39, 0.29) is 30.6 Å². The van der Waals surface area contributed by atoms with Gasteiger partial charge in [-0.1, -0.05) is 0 Å². The Bertz CT molecular complexity index is 662. The van der Waals surface area contributed by atoms with E-state index in [1.807, 2.05) is 0 Å². The van der Waals surface area contributed by atoms with Crippen molar-refractivity contribution in [3.63, 3.8) is 0 Å². The van der Waals surface area contributed by atoms with Gasteiger partial charge in [0, 0.05) is 19.1 Å². The predicted octanol–water partition coefficient (Wildman–Crippen LogP) is 1.08. The summed E-state index contributed by atoms with van der Waals surface area (Å²) in [5.41, 5.74) is 0.570. The number of hydrogen-bond acceptors (Lipinski definition) is 5. The molecule has 3 rings (SSSR count). The summed E-state index contributed by atoms with van der Waals surface area (Å²) in [6.45, 7) is 0.0228. The van der Waals surface area contributed by atoms with Crippen molar-refractivity contribution < 1.29 is 19.5 Å². The number of pyridine rings is 1. The van der Waals surface area contributed by atoms with Crippen molar-refractivity contribution in [3.05, 3.63) is 18.3 Å². The molecular formula is C15H19N5O4. The molecule has 1 saturated carbocycles. The van der Waals surface area contributed by atoms with Crippen LogP contribution in [0.15, 0.2) is 18.3 Å². The first-order valence-electron chi connectivity index (χ1n) is 7.74. The van der Waals surface area contributed by atoms with Crippen LogP contribution in [0.1, 0.15) is 19.3 Å². The fourth-order valence-electron chi connectivity index (χ4n) is 3.06. The molecule has 3 N–H and O–H groups in total. The maximum absolute atomic E-state index is 11.9. The number of likely N-dealkylation sites (N-methyl/N-ethyl adjacent to an activating group) is 1. The number of anilines is 2. The van der Waals surface area contributed by atoms with Crippen LogP contribution in [-0.4, -0.2) is 58.7 Å². The molecule has 0 aromatic carbocycles. The Labute approximate surface area is 138 Å². The maximum Gasteiger partial charge on any atom is 0.404 e. The summed E-state index contributed by atoms with van der Waals surface area (Å²) in [6.07, 6.45) is 2.91. The lowest BCUT2D eigenvalue weighted by Crippen LogP contribution is -2.32. The van der Waals surface area contributed by atoms with Gasteiger partial charge in [0.25, 0.3) is 0 Å². The van der Waals surface area contributed by atoms with Crippen molar-refractivity contribution >= 4 is 29.5 Å². The summed E-state index contributed by atoms with van der Waals surface area (Å²) < 4.78 is 0. The smallest absolute Gasteiger partial charge is 0.404 e. The molecule has 2 heterocycles. The van der Waals surface area contributed by atoms with Gasteiger partial charge in [0.1, 0.15) is 12.4 Å². The van der Waals surface area contributed by atoms with Gasteiger partial charge >= 0.3 is 12.1 Å². The molecule has 1 aromatic rings. The highest BCUT2D eigenvalue weighted by molar-refractivity contribution is 6.11. The van der Waals surface area contributed by atoms with Gasteiger partial charge in [-0.2, -0.15) is 0 Å². The van der Waals surface area contributed by atoms with Crippen LogP contribution < -0.4 is 15.5 Å². The summed E-state index contributed by atoms with van der Waals surface area (Å²) in [7, 11) is 1.45. The molecule has 0 spiro atoms. The number of urea groups is 1. The van der Waals surface area contributed by atoms with E-state index >= 15 is 0 Å². The lowest BCUT2D eigenvalue weighted by atomic mass is 10.2. The minimum atomic E-state index is -1.00. The van der Waals surface area contributed by atoms with Crippen LogP contribution in [0.2, 0.25) is 0 Å². The second-order valence-corrected chi connectivity index (χ2v) is 6.02. The number of amides is 4. The zero-order chi connectivity index (χ0) is 17.3. The fourth-order valence-corrected chi connectivity index (χ4v) is 3.06. The Balaban J connectivity index is 1.59. The molecule has 2 fully saturated rings. The second-order valence-electron chi connectivity index (χ2n) is 6.02. The Morgan fingerprint density at radius 1 is 1.29 bits per heavy atom. The molecule has 128 valence electrons. The maximum atomic E-state index is 11.9. The number of aromatic nitrogens is 1. The molecule has 0 unspecified atom stereocenters. The standard InChI is InChI=1S/C15H19N5O4/c1-19-13(21)8-20(15(19)24)11-4-5-12(16-7-11)17-9-2-3-10(6-9)18-14(22)23/h4-5,7,9-10,18H,2-3,6,8H2,1H3,(H,16,17)(H,22,23)/t9-,10-/m0/s1. The van der Waals surface area contributed by atoms with Crippen LogP contribution in [0.5, 0.6) is 0 Å². The predicted molar refractivity (Wildman–Crippen MR) is 86.0 cm³/mol. The minimum Gasteiger partial charge on any atom is -0.465 e. The van der Waals surface area contributed by atoms with Crippen molar-refractivity contribution in [2.45, 2.75) is 31.3 Å². The molecule has 0 radical (unpaired) electrons. The molecule has 9 heteroatoms. The largest absolute Gasteiger partial charge is 0.465 e. The van der Waals surface area contributed by atoms with Crippen molar-refractivity contribution in [2.24, 2.45) is 0 Å². The Hall–Kier alpha value is -2.84. The number of carbonyl (C=O) groups is 3. The van der Waals surface area contributed by atoms with Gasteiger partial charge in [-0.3, -0.25) is 14.6 Å². The van der Waals surface area contributed by atoms with Crippen molar-refractivity contribution in [2.75, 3.05) is 23.8 Å². The molecule has 0 bridgehead atoms. The molecule has 2 atom stereocenters. The van der Waals surface area contributed by atoms with Crippen LogP contribution in [0.3, 0.4) is 0 Å². The number of rotatable bonds is 4. The summed E-state index contributed by atoms with van der Waals surface area (Å²) in [5, 5.41) is 14.5. The van der Waals surface area contributed by atoms with E-state index < -0.39 is 6.09 Å². The second kappa shape index (κ2) is 6.34. The van der Waals surface area contributed by atoms with E-state index in [4.69, 9.17) is 5.11 Å². The number of hydrogen-bond donors (Lipinski definition) is 3. The summed E-state index contributed by atoms with van der Waals surface area (Å²) in [5.74, 6) is 0.413. The molecule has 1 saturated heterocycles. The van der Waals surface area contributed by atoms with E-state index in [0.29, 0.717) is 17.9 Å². The summed E-state index contributed by atoms with van der Waals surface area (Å²) >= 11 is 0. The monoisotopic (exact) mass is 333 g/mol. The number of imide groups is 1. The molecule has 9 nitrogen and oxygen atoms in total. The van der Waals surface area contributed by atoms with E-state index in [2.05, 4.69) is 15.6 Å². The zero-order valence-corrected chi connectivity index (χ0v) is 13.2. The number of nitrogens with one attached hydrogen (secondary N) is 2. The van der Waals surface area contributed by atoms with E-state index in [1.54, 1.807) is 18.3 Å². The van der Waals surface area contributed by atoms with Crippen molar-refractivity contribution in [1.82, 2.24) is 15.2 Å². The quantitative estimate of drug-likeness (QED) is 0.710. The normalized spacial score (nSPS) is 23.7. The van der Waals surface area contributed by atoms with Crippen LogP contribution in [-0.2, 0) is 4.79 Å². The van der Waals surface area contributed by atoms with Crippen LogP contribution in [0.4, 0.5) is 21.1 Å². The molecule has 2 aliphatic rings. The van der Waals surface area contributed by atoms with Crippen LogP contribution in [0.25, 0.3) is 0 Å². The third-order valence-corrected chi connectivity index (χ3v) is 4.36. The molecule has 24 heavy (non-hydrogen) atoms. The SMILES string of the molecule is CN1C(=O)CN(c2ccc(N[C@H]3CC[C@H](NC(=O)O)C3)nc2)C1=O. The lowest BCUT2D eigenvalue weighted by Gasteiger charge is -2.17. The Morgan fingerprint density at radius 2 is 2.04 bits per heavy atom. The molecule has 4 amide bonds. The molecule has 1 aliphatic heterocycles. The first-order chi connectivity index (χ1) is 11.4. The average Bonchev–Trinajstić information content (AvgIpc) is 3.07. The zero-order valence-electron chi connectivity index (χ0n) is 13.2. The fraction of sp³-hybridized carbons (Fsp3) is 0.467. The third kappa shape index (κ3) is 3.24. The molecular weight excluding hydrogens is 314 g/mol. The van der Waals surface area contributed by atoms with E-state index in [1.165, 1.54) is 11.9 Å². The average molecular weight is 333 g/mol.